The maximum Gasteiger partial charge on any atom is 0.135 e. The van der Waals surface area contributed by atoms with Gasteiger partial charge < -0.3 is 9.47 Å². The lowest BCUT2D eigenvalue weighted by molar-refractivity contribution is 0.258. The predicted molar refractivity (Wildman–Crippen MR) is 25.1 cm³/mol. The van der Waals surface area contributed by atoms with E-state index in [2.05, 4.69) is 0 Å². The van der Waals surface area contributed by atoms with Crippen LogP contribution in [0.2, 0.25) is 0 Å². The minimum Gasteiger partial charge on any atom is -0.466 e. The van der Waals surface area contributed by atoms with Gasteiger partial charge in [-0.15, -0.1) is 0 Å². The lowest BCUT2D eigenvalue weighted by atomic mass is 10.6. The molecule has 0 aliphatic carbocycles. The van der Waals surface area contributed by atoms with Crippen LogP contribution in [-0.2, 0) is 9.47 Å². The van der Waals surface area contributed by atoms with E-state index < -0.39 is 0 Å². The Morgan fingerprint density at radius 2 is 2.29 bits per heavy atom. The fraction of sp³-hybridized carbons (Fsp3) is 0.200. The first-order valence-corrected chi connectivity index (χ1v) is 2.03. The summed E-state index contributed by atoms with van der Waals surface area (Å²) in [4.78, 5) is 0. The van der Waals surface area contributed by atoms with Gasteiger partial charge in [0.15, 0.2) is 0 Å². The van der Waals surface area contributed by atoms with E-state index in [0.717, 1.165) is 5.76 Å². The standard InChI is InChI=1S/C5H6O2/c1-5-4-6-2-3-7-5/h2-4H,1H3. The smallest absolute Gasteiger partial charge is 0.135 e. The molecule has 0 radical (unpaired) electrons. The van der Waals surface area contributed by atoms with Crippen molar-refractivity contribution in [3.05, 3.63) is 24.5 Å². The van der Waals surface area contributed by atoms with Crippen LogP contribution in [0.25, 0.3) is 0 Å². The number of rotatable bonds is 0. The van der Waals surface area contributed by atoms with Crippen molar-refractivity contribution in [2.24, 2.45) is 0 Å². The zero-order valence-electron chi connectivity index (χ0n) is 4.05. The minimum atomic E-state index is 0.780. The van der Waals surface area contributed by atoms with Gasteiger partial charge in [0.05, 0.1) is 0 Å². The molecule has 0 N–H and O–H groups in total. The quantitative estimate of drug-likeness (QED) is 0.455. The third-order valence-corrected chi connectivity index (χ3v) is 0.622. The van der Waals surface area contributed by atoms with Crippen molar-refractivity contribution in [1.82, 2.24) is 0 Å². The van der Waals surface area contributed by atoms with Crippen molar-refractivity contribution in [2.75, 3.05) is 0 Å². The Kier molecular flexibility index (Phi) is 1.02. The molecule has 7 heavy (non-hydrogen) atoms. The number of hydrogen-bond donors (Lipinski definition) is 0. The SMILES string of the molecule is CC1=COC=CO1. The van der Waals surface area contributed by atoms with Gasteiger partial charge in [-0.05, 0) is 6.92 Å². The average molecular weight is 98.1 g/mol. The Morgan fingerprint density at radius 1 is 1.43 bits per heavy atom. The molecule has 1 rings (SSSR count). The second-order valence-electron chi connectivity index (χ2n) is 1.25. The first-order chi connectivity index (χ1) is 3.39. The van der Waals surface area contributed by atoms with Gasteiger partial charge in [0, 0.05) is 0 Å². The monoisotopic (exact) mass is 98.0 g/mol. The highest BCUT2D eigenvalue weighted by Gasteiger charge is 1.88. The molecular weight excluding hydrogens is 92.1 g/mol. The van der Waals surface area contributed by atoms with E-state index in [-0.39, 0.29) is 0 Å². The van der Waals surface area contributed by atoms with Crippen LogP contribution in [0.5, 0.6) is 0 Å². The third-order valence-electron chi connectivity index (χ3n) is 0.622. The molecule has 0 unspecified atom stereocenters. The van der Waals surface area contributed by atoms with Crippen molar-refractivity contribution >= 4 is 0 Å². The molecule has 0 aromatic heterocycles. The van der Waals surface area contributed by atoms with Gasteiger partial charge in [-0.2, -0.15) is 0 Å². The zero-order valence-corrected chi connectivity index (χ0v) is 4.05. The van der Waals surface area contributed by atoms with Crippen LogP contribution in [0.3, 0.4) is 0 Å². The summed E-state index contributed by atoms with van der Waals surface area (Å²) in [6.45, 7) is 1.82. The summed E-state index contributed by atoms with van der Waals surface area (Å²) in [7, 11) is 0. The Morgan fingerprint density at radius 3 is 2.57 bits per heavy atom. The molecule has 1 heterocycles. The highest BCUT2D eigenvalue weighted by atomic mass is 16.5. The van der Waals surface area contributed by atoms with E-state index >= 15 is 0 Å². The van der Waals surface area contributed by atoms with Crippen molar-refractivity contribution in [3.63, 3.8) is 0 Å². The van der Waals surface area contributed by atoms with Gasteiger partial charge in [0.25, 0.3) is 0 Å². The summed E-state index contributed by atoms with van der Waals surface area (Å²) in [5, 5.41) is 0. The topological polar surface area (TPSA) is 18.5 Å². The molecule has 0 aromatic rings. The Hall–Kier alpha value is -0.920. The highest BCUT2D eigenvalue weighted by Crippen LogP contribution is 2.01. The van der Waals surface area contributed by atoms with Crippen molar-refractivity contribution in [1.29, 1.82) is 0 Å². The maximum atomic E-state index is 4.83. The van der Waals surface area contributed by atoms with Gasteiger partial charge >= 0.3 is 0 Å². The number of allylic oxidation sites excluding steroid dienone is 1. The summed E-state index contributed by atoms with van der Waals surface area (Å²) < 4.78 is 9.55. The Bertz CT molecular complexity index is 113. The lowest BCUT2D eigenvalue weighted by Gasteiger charge is -2.02. The normalized spacial score (nSPS) is 17.0. The van der Waals surface area contributed by atoms with E-state index in [4.69, 9.17) is 9.47 Å². The van der Waals surface area contributed by atoms with Gasteiger partial charge in [-0.1, -0.05) is 0 Å². The molecule has 2 nitrogen and oxygen atoms in total. The van der Waals surface area contributed by atoms with E-state index in [9.17, 15) is 0 Å². The Labute approximate surface area is 42.0 Å². The first-order valence-electron chi connectivity index (χ1n) is 2.03. The molecule has 0 aromatic carbocycles. The summed E-state index contributed by atoms with van der Waals surface area (Å²) in [5.41, 5.74) is 0. The molecule has 38 valence electrons. The van der Waals surface area contributed by atoms with Crippen LogP contribution in [0.15, 0.2) is 24.5 Å². The summed E-state index contributed by atoms with van der Waals surface area (Å²) >= 11 is 0. The van der Waals surface area contributed by atoms with Crippen LogP contribution in [0, 0.1) is 0 Å². The van der Waals surface area contributed by atoms with Crippen LogP contribution < -0.4 is 0 Å². The van der Waals surface area contributed by atoms with Crippen molar-refractivity contribution < 1.29 is 9.47 Å². The van der Waals surface area contributed by atoms with Gasteiger partial charge in [-0.3, -0.25) is 0 Å². The molecule has 0 atom stereocenters. The van der Waals surface area contributed by atoms with Crippen molar-refractivity contribution in [3.8, 4) is 0 Å². The second-order valence-corrected chi connectivity index (χ2v) is 1.25. The molecule has 2 heteroatoms. The molecule has 0 saturated carbocycles. The minimum absolute atomic E-state index is 0.780. The predicted octanol–water partition coefficient (Wildman–Crippen LogP) is 1.37. The highest BCUT2D eigenvalue weighted by molar-refractivity contribution is 4.89. The van der Waals surface area contributed by atoms with E-state index in [0.29, 0.717) is 0 Å². The van der Waals surface area contributed by atoms with Crippen LogP contribution in [0.4, 0.5) is 0 Å². The molecule has 0 bridgehead atoms. The molecule has 0 saturated heterocycles. The zero-order chi connectivity index (χ0) is 5.11. The van der Waals surface area contributed by atoms with Crippen molar-refractivity contribution in [2.45, 2.75) is 6.92 Å². The molecule has 0 fully saturated rings. The number of ether oxygens (including phenoxy) is 2. The van der Waals surface area contributed by atoms with E-state index in [1.807, 2.05) is 6.92 Å². The Balaban J connectivity index is 2.50. The van der Waals surface area contributed by atoms with Crippen LogP contribution >= 0.6 is 0 Å². The second kappa shape index (κ2) is 1.69. The molecule has 0 amide bonds. The van der Waals surface area contributed by atoms with Crippen LogP contribution in [0.1, 0.15) is 6.92 Å². The summed E-state index contributed by atoms with van der Waals surface area (Å²) in [5.74, 6) is 0.780. The van der Waals surface area contributed by atoms with E-state index in [1.54, 1.807) is 6.26 Å². The summed E-state index contributed by atoms with van der Waals surface area (Å²) in [6, 6.07) is 0. The van der Waals surface area contributed by atoms with Gasteiger partial charge in [-0.25, -0.2) is 0 Å². The third kappa shape index (κ3) is 0.961. The molecule has 0 spiro atoms. The van der Waals surface area contributed by atoms with Gasteiger partial charge in [0.2, 0.25) is 0 Å². The van der Waals surface area contributed by atoms with Crippen LogP contribution in [-0.4, -0.2) is 0 Å². The average Bonchev–Trinajstić information content (AvgIpc) is 1.69. The number of hydrogen-bond acceptors (Lipinski definition) is 2. The first kappa shape index (κ1) is 4.24. The molecule has 1 aliphatic rings. The van der Waals surface area contributed by atoms with Gasteiger partial charge in [0.1, 0.15) is 24.5 Å². The fourth-order valence-corrected chi connectivity index (χ4v) is 0.330. The molecular formula is C5H6O2. The lowest BCUT2D eigenvalue weighted by Crippen LogP contribution is -1.84. The summed E-state index contributed by atoms with van der Waals surface area (Å²) in [6.07, 6.45) is 4.52. The largest absolute Gasteiger partial charge is 0.466 e. The fourth-order valence-electron chi connectivity index (χ4n) is 0.330. The molecule has 1 aliphatic heterocycles. The van der Waals surface area contributed by atoms with E-state index in [1.165, 1.54) is 12.5 Å². The maximum absolute atomic E-state index is 4.83.